The average molecular weight is 418 g/mol. The Morgan fingerprint density at radius 1 is 0.966 bits per heavy atom. The fourth-order valence-corrected chi connectivity index (χ4v) is 3.57. The molecular weight excluding hydrogens is 382 g/mol. The van der Waals surface area contributed by atoms with Crippen LogP contribution in [0.3, 0.4) is 0 Å². The fourth-order valence-electron chi connectivity index (χ4n) is 3.40. The summed E-state index contributed by atoms with van der Waals surface area (Å²) in [6.07, 6.45) is 13.5. The molecule has 1 aromatic heterocycles. The molecule has 2 aromatic rings. The number of anilines is 1. The van der Waals surface area contributed by atoms with Crippen LogP contribution in [0.2, 0.25) is 5.02 Å². The Labute approximate surface area is 181 Å². The van der Waals surface area contributed by atoms with E-state index in [0.29, 0.717) is 24.0 Å². The molecule has 2 rings (SSSR count). The van der Waals surface area contributed by atoms with Crippen molar-refractivity contribution in [3.8, 4) is 5.75 Å². The first-order valence-electron chi connectivity index (χ1n) is 11.0. The second kappa shape index (κ2) is 13.4. The highest BCUT2D eigenvalue weighted by molar-refractivity contribution is 6.33. The van der Waals surface area contributed by atoms with Crippen molar-refractivity contribution in [2.75, 3.05) is 18.5 Å². The largest absolute Gasteiger partial charge is 0.491 e. The number of nitrogens with zero attached hydrogens (tertiary/aromatic N) is 2. The number of aromatic nitrogens is 2. The van der Waals surface area contributed by atoms with Crippen LogP contribution in [-0.2, 0) is 6.42 Å². The maximum atomic E-state index is 6.19. The van der Waals surface area contributed by atoms with Crippen LogP contribution >= 0.6 is 11.6 Å². The molecule has 0 unspecified atom stereocenters. The monoisotopic (exact) mass is 417 g/mol. The lowest BCUT2D eigenvalue weighted by Gasteiger charge is -2.12. The molecule has 0 aliphatic carbocycles. The van der Waals surface area contributed by atoms with E-state index in [0.717, 1.165) is 17.9 Å². The number of hydrogen-bond acceptors (Lipinski definition) is 4. The lowest BCUT2D eigenvalue weighted by molar-refractivity contribution is 0.330. The van der Waals surface area contributed by atoms with Gasteiger partial charge in [-0.15, -0.1) is 0 Å². The van der Waals surface area contributed by atoms with Crippen LogP contribution in [0, 0.1) is 13.8 Å². The summed E-state index contributed by atoms with van der Waals surface area (Å²) in [6.45, 7) is 7.44. The molecule has 160 valence electrons. The highest BCUT2D eigenvalue weighted by Gasteiger charge is 2.06. The highest BCUT2D eigenvalue weighted by Crippen LogP contribution is 2.22. The molecular formula is C24H36ClN3O. The number of halogens is 1. The number of nitrogens with one attached hydrogen (secondary N) is 1. The number of benzene rings is 1. The Hall–Kier alpha value is -1.81. The SMILES string of the molecule is CCCCCCCCCCc1ccc(OCCNc2ncnc(C)c2Cl)c(C)c1. The van der Waals surface area contributed by atoms with Gasteiger partial charge in [0.05, 0.1) is 12.2 Å². The Kier molecular flexibility index (Phi) is 10.9. The number of aryl methyl sites for hydroxylation is 3. The van der Waals surface area contributed by atoms with Crippen molar-refractivity contribution in [2.24, 2.45) is 0 Å². The van der Waals surface area contributed by atoms with Crippen molar-refractivity contribution in [3.63, 3.8) is 0 Å². The van der Waals surface area contributed by atoms with E-state index < -0.39 is 0 Å². The minimum Gasteiger partial charge on any atom is -0.491 e. The minimum absolute atomic E-state index is 0.553. The number of rotatable bonds is 14. The van der Waals surface area contributed by atoms with E-state index in [1.807, 2.05) is 6.92 Å². The van der Waals surface area contributed by atoms with Gasteiger partial charge in [-0.25, -0.2) is 9.97 Å². The molecule has 4 nitrogen and oxygen atoms in total. The van der Waals surface area contributed by atoms with E-state index in [9.17, 15) is 0 Å². The third-order valence-corrected chi connectivity index (χ3v) is 5.63. The van der Waals surface area contributed by atoms with Gasteiger partial charge in [-0.1, -0.05) is 75.6 Å². The average Bonchev–Trinajstić information content (AvgIpc) is 2.71. The van der Waals surface area contributed by atoms with Gasteiger partial charge in [-0.3, -0.25) is 0 Å². The van der Waals surface area contributed by atoms with Crippen LogP contribution in [0.15, 0.2) is 24.5 Å². The molecule has 0 radical (unpaired) electrons. The van der Waals surface area contributed by atoms with Crippen molar-refractivity contribution in [1.29, 1.82) is 0 Å². The molecule has 0 amide bonds. The predicted molar refractivity (Wildman–Crippen MR) is 123 cm³/mol. The zero-order chi connectivity index (χ0) is 20.9. The van der Waals surface area contributed by atoms with E-state index in [1.165, 1.54) is 68.8 Å². The van der Waals surface area contributed by atoms with Gasteiger partial charge < -0.3 is 10.1 Å². The van der Waals surface area contributed by atoms with Gasteiger partial charge in [-0.2, -0.15) is 0 Å². The summed E-state index contributed by atoms with van der Waals surface area (Å²) in [4.78, 5) is 8.23. The highest BCUT2D eigenvalue weighted by atomic mass is 35.5. The van der Waals surface area contributed by atoms with Crippen molar-refractivity contribution < 1.29 is 4.74 Å². The molecule has 0 aliphatic rings. The Bertz CT molecular complexity index is 736. The van der Waals surface area contributed by atoms with Gasteiger partial charge in [0.1, 0.15) is 29.5 Å². The van der Waals surface area contributed by atoms with Gasteiger partial charge >= 0.3 is 0 Å². The standard InChI is InChI=1S/C24H36ClN3O/c1-4-5-6-7-8-9-10-11-12-21-13-14-22(19(2)17-21)29-16-15-26-24-23(25)20(3)27-18-28-24/h13-14,17-18H,4-12,15-16H2,1-3H3,(H,26,27,28). The second-order valence-corrected chi connectivity index (χ2v) is 8.10. The van der Waals surface area contributed by atoms with E-state index in [1.54, 1.807) is 0 Å². The van der Waals surface area contributed by atoms with Crippen molar-refractivity contribution in [1.82, 2.24) is 9.97 Å². The maximum Gasteiger partial charge on any atom is 0.148 e. The van der Waals surface area contributed by atoms with Crippen molar-refractivity contribution in [2.45, 2.75) is 78.6 Å². The number of ether oxygens (including phenoxy) is 1. The lowest BCUT2D eigenvalue weighted by atomic mass is 10.0. The summed E-state index contributed by atoms with van der Waals surface area (Å²) < 4.78 is 5.92. The molecule has 0 fully saturated rings. The molecule has 5 heteroatoms. The first-order chi connectivity index (χ1) is 14.1. The Morgan fingerprint density at radius 3 is 2.41 bits per heavy atom. The lowest BCUT2D eigenvalue weighted by Crippen LogP contribution is -2.13. The van der Waals surface area contributed by atoms with Gasteiger partial charge in [0.25, 0.3) is 0 Å². The molecule has 1 aromatic carbocycles. The predicted octanol–water partition coefficient (Wildman–Crippen LogP) is 6.92. The van der Waals surface area contributed by atoms with Crippen LogP contribution in [0.1, 0.15) is 75.1 Å². The summed E-state index contributed by atoms with van der Waals surface area (Å²) in [5, 5.41) is 3.77. The van der Waals surface area contributed by atoms with Crippen molar-refractivity contribution in [3.05, 3.63) is 46.4 Å². The summed E-state index contributed by atoms with van der Waals surface area (Å²) in [5.41, 5.74) is 3.37. The number of hydrogen-bond donors (Lipinski definition) is 1. The summed E-state index contributed by atoms with van der Waals surface area (Å²) >= 11 is 6.19. The quantitative estimate of drug-likeness (QED) is 0.339. The third kappa shape index (κ3) is 8.61. The van der Waals surface area contributed by atoms with E-state index in [-0.39, 0.29) is 0 Å². The normalized spacial score (nSPS) is 10.9. The zero-order valence-corrected chi connectivity index (χ0v) is 19.0. The molecule has 0 atom stereocenters. The Morgan fingerprint density at radius 2 is 1.69 bits per heavy atom. The van der Waals surface area contributed by atoms with Crippen LogP contribution in [0.25, 0.3) is 0 Å². The maximum absolute atomic E-state index is 6.19. The molecule has 29 heavy (non-hydrogen) atoms. The van der Waals surface area contributed by atoms with E-state index in [2.05, 4.69) is 47.3 Å². The summed E-state index contributed by atoms with van der Waals surface area (Å²) in [7, 11) is 0. The molecule has 0 bridgehead atoms. The zero-order valence-electron chi connectivity index (χ0n) is 18.3. The molecule has 0 saturated carbocycles. The first kappa shape index (κ1) is 23.5. The number of unbranched alkanes of at least 4 members (excludes halogenated alkanes) is 7. The molecule has 0 aliphatic heterocycles. The minimum atomic E-state index is 0.553. The topological polar surface area (TPSA) is 47.0 Å². The smallest absolute Gasteiger partial charge is 0.148 e. The van der Waals surface area contributed by atoms with Crippen LogP contribution < -0.4 is 10.1 Å². The van der Waals surface area contributed by atoms with E-state index in [4.69, 9.17) is 16.3 Å². The second-order valence-electron chi connectivity index (χ2n) is 7.72. The molecule has 0 saturated heterocycles. The summed E-state index contributed by atoms with van der Waals surface area (Å²) in [5.74, 6) is 1.59. The third-order valence-electron chi connectivity index (χ3n) is 5.17. The van der Waals surface area contributed by atoms with E-state index >= 15 is 0 Å². The van der Waals surface area contributed by atoms with Crippen molar-refractivity contribution >= 4 is 17.4 Å². The van der Waals surface area contributed by atoms with Crippen LogP contribution in [0.4, 0.5) is 5.82 Å². The molecule has 0 spiro atoms. The van der Waals surface area contributed by atoms with Crippen LogP contribution in [0.5, 0.6) is 5.75 Å². The Balaban J connectivity index is 1.65. The van der Waals surface area contributed by atoms with Gasteiger partial charge in [-0.05, 0) is 43.9 Å². The molecule has 1 heterocycles. The fraction of sp³-hybridized carbons (Fsp3) is 0.583. The first-order valence-corrected chi connectivity index (χ1v) is 11.4. The molecule has 1 N–H and O–H groups in total. The van der Waals surface area contributed by atoms with Gasteiger partial charge in [0.15, 0.2) is 0 Å². The van der Waals surface area contributed by atoms with Gasteiger partial charge in [0, 0.05) is 0 Å². The summed E-state index contributed by atoms with van der Waals surface area (Å²) in [6, 6.07) is 6.55. The van der Waals surface area contributed by atoms with Crippen LogP contribution in [-0.4, -0.2) is 23.1 Å². The van der Waals surface area contributed by atoms with Gasteiger partial charge in [0.2, 0.25) is 0 Å².